The van der Waals surface area contributed by atoms with Crippen LogP contribution >= 0.6 is 0 Å². The summed E-state index contributed by atoms with van der Waals surface area (Å²) in [7, 11) is 1.91. The number of halogens is 1. The molecule has 0 radical (unpaired) electrons. The van der Waals surface area contributed by atoms with Gasteiger partial charge in [-0.1, -0.05) is 34.3 Å². The van der Waals surface area contributed by atoms with Crippen molar-refractivity contribution < 1.29 is 14.2 Å². The molecule has 1 N–H and O–H groups in total. The van der Waals surface area contributed by atoms with E-state index < -0.39 is 0 Å². The van der Waals surface area contributed by atoms with Crippen LogP contribution in [0.25, 0.3) is 0 Å². The van der Waals surface area contributed by atoms with Crippen LogP contribution in [0.2, 0.25) is 0 Å². The van der Waals surface area contributed by atoms with Crippen LogP contribution in [0.1, 0.15) is 34.6 Å². The number of allylic oxidation sites excluding steroid dienone is 1. The molecule has 0 fully saturated rings. The molecule has 0 unspecified atom stereocenters. The van der Waals surface area contributed by atoms with Gasteiger partial charge in [-0.15, -0.1) is 0 Å². The Hall–Kier alpha value is -0.650. The molecule has 0 bridgehead atoms. The Bertz CT molecular complexity index is 170. The molecular formula is C14H33FN2O2. The van der Waals surface area contributed by atoms with Gasteiger partial charge in [0.2, 0.25) is 0 Å². The van der Waals surface area contributed by atoms with Gasteiger partial charge in [0.05, 0.1) is 13.2 Å². The highest BCUT2D eigenvalue weighted by Crippen LogP contribution is 1.98. The first kappa shape index (κ1) is 23.4. The Kier molecular flexibility index (Phi) is 27.8. The summed E-state index contributed by atoms with van der Waals surface area (Å²) in [6.45, 7) is 17.2. The molecule has 0 spiro atoms. The van der Waals surface area contributed by atoms with E-state index in [0.29, 0.717) is 6.61 Å². The third-order valence-corrected chi connectivity index (χ3v) is 1.98. The molecule has 5 heteroatoms. The smallest absolute Gasteiger partial charge is 0.111 e. The van der Waals surface area contributed by atoms with E-state index in [2.05, 4.69) is 21.7 Å². The minimum absolute atomic E-state index is 0.0103. The normalized spacial score (nSPS) is 8.79. The molecule has 0 atom stereocenters. The highest BCUT2D eigenvalue weighted by Gasteiger charge is 2.02. The minimum Gasteiger partial charge on any atom is -0.377 e. The second-order valence-electron chi connectivity index (χ2n) is 3.25. The van der Waals surface area contributed by atoms with Crippen LogP contribution in [-0.4, -0.2) is 51.4 Å². The third kappa shape index (κ3) is 19.9. The molecule has 0 heterocycles. The van der Waals surface area contributed by atoms with Gasteiger partial charge < -0.3 is 15.0 Å². The van der Waals surface area contributed by atoms with Crippen molar-refractivity contribution in [1.82, 2.24) is 10.2 Å². The first-order valence-corrected chi connectivity index (χ1v) is 7.08. The standard InChI is InChI=1S/C10H21FN2O2.2C2H6/c1-10(2)13(5-4-12-3)6-7-14-8-9-15-11;2*1-2/h12H,1,4-9H2,2-3H3;2*1-2H3. The highest BCUT2D eigenvalue weighted by molar-refractivity contribution is 4.88. The predicted molar refractivity (Wildman–Crippen MR) is 80.9 cm³/mol. The van der Waals surface area contributed by atoms with E-state index >= 15 is 0 Å². The van der Waals surface area contributed by atoms with E-state index in [9.17, 15) is 4.53 Å². The number of rotatable bonds is 10. The van der Waals surface area contributed by atoms with Crippen LogP contribution in [0.15, 0.2) is 12.3 Å². The van der Waals surface area contributed by atoms with E-state index in [0.717, 1.165) is 25.3 Å². The summed E-state index contributed by atoms with van der Waals surface area (Å²) in [6.07, 6.45) is 0. The van der Waals surface area contributed by atoms with E-state index in [1.54, 1.807) is 0 Å². The van der Waals surface area contributed by atoms with E-state index in [1.165, 1.54) is 0 Å². The van der Waals surface area contributed by atoms with Crippen molar-refractivity contribution in [3.63, 3.8) is 0 Å². The lowest BCUT2D eigenvalue weighted by Crippen LogP contribution is -2.32. The molecule has 0 rings (SSSR count). The second-order valence-corrected chi connectivity index (χ2v) is 3.25. The van der Waals surface area contributed by atoms with Crippen LogP contribution in [0.5, 0.6) is 0 Å². The van der Waals surface area contributed by atoms with Crippen LogP contribution in [-0.2, 0) is 9.68 Å². The second kappa shape index (κ2) is 22.5. The molecule has 4 nitrogen and oxygen atoms in total. The van der Waals surface area contributed by atoms with Crippen molar-refractivity contribution in [1.29, 1.82) is 0 Å². The largest absolute Gasteiger partial charge is 0.377 e. The predicted octanol–water partition coefficient (Wildman–Crippen LogP) is 3.01. The van der Waals surface area contributed by atoms with Crippen molar-refractivity contribution in [3.05, 3.63) is 12.3 Å². The molecule has 0 aromatic carbocycles. The zero-order chi connectivity index (χ0) is 15.5. The van der Waals surface area contributed by atoms with Gasteiger partial charge in [-0.25, -0.2) is 0 Å². The maximum Gasteiger partial charge on any atom is 0.111 e. The lowest BCUT2D eigenvalue weighted by molar-refractivity contribution is -0.146. The fourth-order valence-corrected chi connectivity index (χ4v) is 1.11. The van der Waals surface area contributed by atoms with Crippen molar-refractivity contribution in [2.45, 2.75) is 34.6 Å². The van der Waals surface area contributed by atoms with Gasteiger partial charge in [0.15, 0.2) is 0 Å². The highest BCUT2D eigenvalue weighted by atomic mass is 19.3. The Morgan fingerprint density at radius 3 is 2.11 bits per heavy atom. The van der Waals surface area contributed by atoms with Gasteiger partial charge in [0.1, 0.15) is 6.61 Å². The number of likely N-dealkylation sites (N-methyl/N-ethyl adjacent to an activating group) is 1. The zero-order valence-corrected chi connectivity index (χ0v) is 13.6. The fraction of sp³-hybridized carbons (Fsp3) is 0.857. The summed E-state index contributed by atoms with van der Waals surface area (Å²) < 4.78 is 16.4. The average molecular weight is 280 g/mol. The van der Waals surface area contributed by atoms with Gasteiger partial charge in [0.25, 0.3) is 0 Å². The lowest BCUT2D eigenvalue weighted by Gasteiger charge is -2.24. The minimum atomic E-state index is -0.0103. The zero-order valence-electron chi connectivity index (χ0n) is 13.6. The Morgan fingerprint density at radius 2 is 1.68 bits per heavy atom. The first-order chi connectivity index (χ1) is 9.22. The molecule has 0 aliphatic carbocycles. The molecule has 0 aliphatic rings. The molecule has 118 valence electrons. The number of nitrogens with one attached hydrogen (secondary N) is 1. The molecular weight excluding hydrogens is 247 g/mol. The van der Waals surface area contributed by atoms with E-state index in [1.807, 2.05) is 41.7 Å². The number of ether oxygens (including phenoxy) is 1. The van der Waals surface area contributed by atoms with Crippen LogP contribution < -0.4 is 5.32 Å². The van der Waals surface area contributed by atoms with Crippen LogP contribution in [0.3, 0.4) is 0 Å². The Balaban J connectivity index is -0.000000579. The quantitative estimate of drug-likeness (QED) is 0.624. The summed E-state index contributed by atoms with van der Waals surface area (Å²) in [4.78, 5) is 5.51. The maximum atomic E-state index is 11.3. The summed E-state index contributed by atoms with van der Waals surface area (Å²) >= 11 is 0. The number of hydrogen-bond acceptors (Lipinski definition) is 4. The summed E-state index contributed by atoms with van der Waals surface area (Å²) in [5.41, 5.74) is 1.01. The molecule has 0 saturated heterocycles. The fourth-order valence-electron chi connectivity index (χ4n) is 1.11. The van der Waals surface area contributed by atoms with Crippen molar-refractivity contribution >= 4 is 0 Å². The Labute approximate surface area is 118 Å². The van der Waals surface area contributed by atoms with Crippen molar-refractivity contribution in [2.75, 3.05) is 46.5 Å². The topological polar surface area (TPSA) is 33.7 Å². The van der Waals surface area contributed by atoms with Gasteiger partial charge in [-0.3, -0.25) is 0 Å². The van der Waals surface area contributed by atoms with Gasteiger partial charge in [0, 0.05) is 25.3 Å². The van der Waals surface area contributed by atoms with Crippen molar-refractivity contribution in [2.24, 2.45) is 0 Å². The van der Waals surface area contributed by atoms with E-state index in [4.69, 9.17) is 4.74 Å². The monoisotopic (exact) mass is 280 g/mol. The maximum absolute atomic E-state index is 11.3. The molecule has 0 saturated carbocycles. The Morgan fingerprint density at radius 1 is 1.11 bits per heavy atom. The van der Waals surface area contributed by atoms with E-state index in [-0.39, 0.29) is 13.2 Å². The first-order valence-electron chi connectivity index (χ1n) is 7.08. The molecule has 0 aromatic rings. The third-order valence-electron chi connectivity index (χ3n) is 1.98. The van der Waals surface area contributed by atoms with Crippen LogP contribution in [0.4, 0.5) is 4.53 Å². The molecule has 19 heavy (non-hydrogen) atoms. The summed E-state index contributed by atoms with van der Waals surface area (Å²) in [6, 6.07) is 0. The molecule has 0 aliphatic heterocycles. The van der Waals surface area contributed by atoms with Gasteiger partial charge in [-0.05, 0) is 18.5 Å². The van der Waals surface area contributed by atoms with Crippen molar-refractivity contribution in [3.8, 4) is 0 Å². The summed E-state index contributed by atoms with van der Waals surface area (Å²) in [5.74, 6) is 0. The number of hydrogen-bond donors (Lipinski definition) is 1. The summed E-state index contributed by atoms with van der Waals surface area (Å²) in [5, 5.41) is 3.07. The average Bonchev–Trinajstić information content (AvgIpc) is 2.46. The lowest BCUT2D eigenvalue weighted by atomic mass is 10.4. The van der Waals surface area contributed by atoms with Crippen LogP contribution in [0, 0.1) is 0 Å². The number of nitrogens with zero attached hydrogens (tertiary/aromatic N) is 1. The SMILES string of the molecule is C=C(C)N(CCNC)CCOCCOF.CC.CC. The van der Waals surface area contributed by atoms with Gasteiger partial charge in [-0.2, -0.15) is 4.94 Å². The molecule has 0 amide bonds. The van der Waals surface area contributed by atoms with Gasteiger partial charge >= 0.3 is 0 Å². The molecule has 0 aromatic heterocycles.